The highest BCUT2D eigenvalue weighted by molar-refractivity contribution is 6.28. The van der Waals surface area contributed by atoms with E-state index in [9.17, 15) is 4.79 Å². The first-order valence-electron chi connectivity index (χ1n) is 4.88. The normalized spacial score (nSPS) is 17.4. The van der Waals surface area contributed by atoms with Crippen molar-refractivity contribution in [1.29, 1.82) is 0 Å². The number of rotatable bonds is 0. The van der Waals surface area contributed by atoms with E-state index in [2.05, 4.69) is 18.7 Å². The van der Waals surface area contributed by atoms with Crippen LogP contribution in [0.25, 0.3) is 0 Å². The molecule has 0 spiro atoms. The Hall–Kier alpha value is -1.48. The molecule has 1 aliphatic heterocycles. The molecule has 0 aromatic carbocycles. The van der Waals surface area contributed by atoms with Gasteiger partial charge in [-0.2, -0.15) is 0 Å². The van der Waals surface area contributed by atoms with Crippen molar-refractivity contribution in [2.24, 2.45) is 5.73 Å². The third-order valence-corrected chi connectivity index (χ3v) is 2.15. The molecule has 0 atom stereocenters. The molecule has 0 radical (unpaired) electrons. The van der Waals surface area contributed by atoms with Gasteiger partial charge in [0.25, 0.3) is 0 Å². The number of ether oxygens (including phenoxy) is 1. The van der Waals surface area contributed by atoms with Gasteiger partial charge in [0.2, 0.25) is 5.91 Å². The van der Waals surface area contributed by atoms with Gasteiger partial charge in [-0.15, -0.1) is 0 Å². The molecule has 2 aliphatic rings. The molecule has 3 nitrogen and oxygen atoms in total. The number of primary amides is 1. The van der Waals surface area contributed by atoms with Gasteiger partial charge in [-0.05, 0) is 42.7 Å². The molecule has 1 heterocycles. The Morgan fingerprint density at radius 1 is 1.50 bits per heavy atom. The van der Waals surface area contributed by atoms with Crippen molar-refractivity contribution in [2.45, 2.75) is 20.3 Å². The van der Waals surface area contributed by atoms with Gasteiger partial charge < -0.3 is 10.5 Å². The summed E-state index contributed by atoms with van der Waals surface area (Å²) in [4.78, 5) is 9.22. The van der Waals surface area contributed by atoms with Gasteiger partial charge in [0.1, 0.15) is 5.76 Å². The lowest BCUT2D eigenvalue weighted by molar-refractivity contribution is -0.115. The van der Waals surface area contributed by atoms with E-state index in [4.69, 9.17) is 16.3 Å². The minimum Gasteiger partial charge on any atom is -0.445 e. The van der Waals surface area contributed by atoms with Crippen molar-refractivity contribution in [2.75, 3.05) is 0 Å². The van der Waals surface area contributed by atoms with Gasteiger partial charge in [-0.25, -0.2) is 0 Å². The first-order chi connectivity index (χ1) is 7.49. The average molecular weight is 240 g/mol. The van der Waals surface area contributed by atoms with Gasteiger partial charge in [0, 0.05) is 6.92 Å². The lowest BCUT2D eigenvalue weighted by Crippen LogP contribution is -2.01. The molecular weight excluding hydrogens is 226 g/mol. The largest absolute Gasteiger partial charge is 0.445 e. The fourth-order valence-corrected chi connectivity index (χ4v) is 1.43. The van der Waals surface area contributed by atoms with E-state index in [1.54, 1.807) is 6.08 Å². The van der Waals surface area contributed by atoms with E-state index in [-0.39, 0.29) is 5.91 Å². The van der Waals surface area contributed by atoms with Crippen molar-refractivity contribution in [1.82, 2.24) is 0 Å². The Morgan fingerprint density at radius 2 is 2.12 bits per heavy atom. The SMILES string of the molecule is CC(N)=O.CC1=CCC2=CC=C(Cl)OC2=C1. The number of carbonyl (C=O) groups is 1. The Bertz CT molecular complexity index is 413. The third kappa shape index (κ3) is 3.95. The zero-order valence-corrected chi connectivity index (χ0v) is 10.0. The fraction of sp³-hybridized carbons (Fsp3) is 0.250. The molecule has 0 saturated carbocycles. The van der Waals surface area contributed by atoms with Crippen LogP contribution in [0.3, 0.4) is 0 Å². The Kier molecular flexibility index (Phi) is 4.38. The van der Waals surface area contributed by atoms with E-state index in [0.29, 0.717) is 5.22 Å². The average Bonchev–Trinajstić information content (AvgIpc) is 2.15. The number of hydrogen-bond donors (Lipinski definition) is 1. The quantitative estimate of drug-likeness (QED) is 0.707. The number of allylic oxidation sites excluding steroid dienone is 6. The minimum absolute atomic E-state index is 0.333. The van der Waals surface area contributed by atoms with Crippen LogP contribution in [0, 0.1) is 0 Å². The van der Waals surface area contributed by atoms with Crippen molar-refractivity contribution < 1.29 is 9.53 Å². The zero-order chi connectivity index (χ0) is 12.1. The predicted molar refractivity (Wildman–Crippen MR) is 64.4 cm³/mol. The van der Waals surface area contributed by atoms with Crippen LogP contribution in [0.4, 0.5) is 0 Å². The Balaban J connectivity index is 0.000000280. The molecule has 0 aromatic heterocycles. The van der Waals surface area contributed by atoms with Crippen LogP contribution >= 0.6 is 11.6 Å². The molecule has 4 heteroatoms. The maximum Gasteiger partial charge on any atom is 0.214 e. The van der Waals surface area contributed by atoms with Gasteiger partial charge in [-0.3, -0.25) is 4.79 Å². The maximum atomic E-state index is 9.22. The summed E-state index contributed by atoms with van der Waals surface area (Å²) in [5.74, 6) is 0.558. The van der Waals surface area contributed by atoms with E-state index >= 15 is 0 Å². The second-order valence-electron chi connectivity index (χ2n) is 3.54. The molecule has 0 fully saturated rings. The highest BCUT2D eigenvalue weighted by atomic mass is 35.5. The highest BCUT2D eigenvalue weighted by Gasteiger charge is 2.14. The summed E-state index contributed by atoms with van der Waals surface area (Å²) >= 11 is 5.72. The maximum absolute atomic E-state index is 9.22. The number of carbonyl (C=O) groups excluding carboxylic acids is 1. The molecule has 1 amide bonds. The zero-order valence-electron chi connectivity index (χ0n) is 9.29. The summed E-state index contributed by atoms with van der Waals surface area (Å²) in [5, 5.41) is 0.444. The van der Waals surface area contributed by atoms with Crippen LogP contribution in [0.1, 0.15) is 20.3 Å². The molecule has 2 rings (SSSR count). The lowest BCUT2D eigenvalue weighted by atomic mass is 10.0. The third-order valence-electron chi connectivity index (χ3n) is 1.94. The van der Waals surface area contributed by atoms with Crippen LogP contribution in [-0.4, -0.2) is 5.91 Å². The van der Waals surface area contributed by atoms with Crippen LogP contribution in [0.5, 0.6) is 0 Å². The van der Waals surface area contributed by atoms with Crippen LogP contribution in [0.2, 0.25) is 0 Å². The summed E-state index contributed by atoms with van der Waals surface area (Å²) in [7, 11) is 0. The molecule has 0 saturated heterocycles. The van der Waals surface area contributed by atoms with Gasteiger partial charge in [0.05, 0.1) is 0 Å². The van der Waals surface area contributed by atoms with Crippen molar-refractivity contribution >= 4 is 17.5 Å². The van der Waals surface area contributed by atoms with Crippen LogP contribution in [-0.2, 0) is 9.53 Å². The smallest absolute Gasteiger partial charge is 0.214 e. The van der Waals surface area contributed by atoms with Gasteiger partial charge in [-0.1, -0.05) is 17.7 Å². The molecule has 86 valence electrons. The molecular formula is C12H14ClNO2. The Labute approximate surface area is 99.9 Å². The summed E-state index contributed by atoms with van der Waals surface area (Å²) in [6, 6.07) is 0. The van der Waals surface area contributed by atoms with E-state index in [1.807, 2.05) is 12.2 Å². The first kappa shape index (κ1) is 12.6. The molecule has 16 heavy (non-hydrogen) atoms. The second kappa shape index (κ2) is 5.56. The standard InChI is InChI=1S/C10H9ClO.C2H5NO/c1-7-2-3-8-4-5-10(11)12-9(8)6-7;1-2(3)4/h2,4-6H,3H2,1H3;1H3,(H2,3,4). The van der Waals surface area contributed by atoms with Gasteiger partial charge >= 0.3 is 0 Å². The monoisotopic (exact) mass is 239 g/mol. The molecule has 2 N–H and O–H groups in total. The molecule has 0 unspecified atom stereocenters. The predicted octanol–water partition coefficient (Wildman–Crippen LogP) is 2.75. The summed E-state index contributed by atoms with van der Waals surface area (Å²) in [6.07, 6.45) is 8.90. The molecule has 1 aliphatic carbocycles. The van der Waals surface area contributed by atoms with Crippen molar-refractivity contribution in [3.63, 3.8) is 0 Å². The van der Waals surface area contributed by atoms with Crippen LogP contribution < -0.4 is 5.73 Å². The van der Waals surface area contributed by atoms with Crippen LogP contribution in [0.15, 0.2) is 46.4 Å². The van der Waals surface area contributed by atoms with Crippen molar-refractivity contribution in [3.8, 4) is 0 Å². The topological polar surface area (TPSA) is 52.3 Å². The second-order valence-corrected chi connectivity index (χ2v) is 3.91. The first-order valence-corrected chi connectivity index (χ1v) is 5.26. The summed E-state index contributed by atoms with van der Waals surface area (Å²) in [5.41, 5.74) is 6.90. The summed E-state index contributed by atoms with van der Waals surface area (Å²) in [6.45, 7) is 3.36. The van der Waals surface area contributed by atoms with Gasteiger partial charge in [0.15, 0.2) is 5.22 Å². The summed E-state index contributed by atoms with van der Waals surface area (Å²) < 4.78 is 5.34. The number of hydrogen-bond acceptors (Lipinski definition) is 2. The molecule has 0 bridgehead atoms. The number of fused-ring (bicyclic) bond motifs is 1. The van der Waals surface area contributed by atoms with E-state index in [0.717, 1.165) is 12.2 Å². The highest BCUT2D eigenvalue weighted by Crippen LogP contribution is 2.30. The lowest BCUT2D eigenvalue weighted by Gasteiger charge is -2.18. The van der Waals surface area contributed by atoms with Crippen molar-refractivity contribution in [3.05, 3.63) is 46.4 Å². The minimum atomic E-state index is -0.333. The van der Waals surface area contributed by atoms with E-state index < -0.39 is 0 Å². The fourth-order valence-electron chi connectivity index (χ4n) is 1.28. The molecule has 0 aromatic rings. The number of nitrogens with two attached hydrogens (primary N) is 1. The number of halogens is 1. The van der Waals surface area contributed by atoms with E-state index in [1.165, 1.54) is 18.1 Å². The Morgan fingerprint density at radius 3 is 2.75 bits per heavy atom. The number of amides is 1.